The molecular weight excluding hydrogens is 536 g/mol. The molecule has 13 nitrogen and oxygen atoms in total. The normalized spacial score (nSPS) is 20.4. The van der Waals surface area contributed by atoms with Crippen LogP contribution in [-0.2, 0) is 19.2 Å². The molecule has 2 atom stereocenters. The van der Waals surface area contributed by atoms with Crippen LogP contribution in [0.1, 0.15) is 5.69 Å². The molecule has 4 heterocycles. The molecule has 0 radical (unpaired) electrons. The Balaban J connectivity index is 1.54. The zero-order valence-corrected chi connectivity index (χ0v) is 20.4. The van der Waals surface area contributed by atoms with Crippen molar-refractivity contribution in [3.8, 4) is 0 Å². The molecule has 33 heavy (non-hydrogen) atoms. The molecule has 2 aliphatic heterocycles. The van der Waals surface area contributed by atoms with E-state index in [1.165, 1.54) is 18.9 Å². The van der Waals surface area contributed by atoms with E-state index in [2.05, 4.69) is 25.7 Å². The maximum atomic E-state index is 12.9. The summed E-state index contributed by atoms with van der Waals surface area (Å²) < 4.78 is 0.583. The molecule has 2 aromatic rings. The minimum Gasteiger partial charge on any atom is -0.477 e. The third-order valence-corrected chi connectivity index (χ3v) is 8.71. The zero-order valence-electron chi connectivity index (χ0n) is 16.3. The summed E-state index contributed by atoms with van der Waals surface area (Å²) in [7, 11) is 1.23. The fourth-order valence-corrected chi connectivity index (χ4v) is 7.20. The van der Waals surface area contributed by atoms with E-state index in [-0.39, 0.29) is 37.5 Å². The number of hydrogen-bond donors (Lipinski definition) is 4. The number of nitrogens with zero attached hydrogens (tertiary/aromatic N) is 5. The highest BCUT2D eigenvalue weighted by atomic mass is 35.5. The fourth-order valence-electron chi connectivity index (χ4n) is 2.99. The summed E-state index contributed by atoms with van der Waals surface area (Å²) in [5, 5.41) is 23.3. The number of aliphatic carboxylic acids is 1. The highest BCUT2D eigenvalue weighted by molar-refractivity contribution is 8.07. The van der Waals surface area contributed by atoms with Crippen LogP contribution >= 0.6 is 57.8 Å². The van der Waals surface area contributed by atoms with Gasteiger partial charge in [0.1, 0.15) is 34.3 Å². The van der Waals surface area contributed by atoms with Gasteiger partial charge in [-0.05, 0) is 0 Å². The number of oxime groups is 1. The Kier molecular flexibility index (Phi) is 6.66. The molecule has 0 spiro atoms. The van der Waals surface area contributed by atoms with Gasteiger partial charge in [0.25, 0.3) is 11.8 Å². The Morgan fingerprint density at radius 2 is 2.09 bits per heavy atom. The predicted molar refractivity (Wildman–Crippen MR) is 125 cm³/mol. The van der Waals surface area contributed by atoms with Crippen molar-refractivity contribution >= 4 is 91.6 Å². The Morgan fingerprint density at radius 3 is 2.67 bits per heavy atom. The third-order valence-electron chi connectivity index (χ3n) is 4.28. The molecule has 2 amide bonds. The van der Waals surface area contributed by atoms with Crippen molar-refractivity contribution in [2.45, 2.75) is 15.8 Å². The number of nitrogens with one attached hydrogen (secondary N) is 1. The molecule has 0 bridgehead atoms. The summed E-state index contributed by atoms with van der Waals surface area (Å²) in [5.41, 5.74) is 10.8. The van der Waals surface area contributed by atoms with Crippen LogP contribution < -0.4 is 16.8 Å². The fraction of sp³-hybridized carbons (Fsp3) is 0.267. The van der Waals surface area contributed by atoms with Gasteiger partial charge in [0.2, 0.25) is 5.13 Å². The Bertz CT molecular complexity index is 1210. The molecule has 0 saturated carbocycles. The van der Waals surface area contributed by atoms with Crippen LogP contribution in [0.25, 0.3) is 0 Å². The number of aromatic nitrogens is 3. The average molecular weight is 549 g/mol. The maximum Gasteiger partial charge on any atom is 0.353 e. The Labute approximate surface area is 206 Å². The quantitative estimate of drug-likeness (QED) is 0.214. The standard InChI is InChI=1S/C15H13ClN8O5S4/c1-29-23-5(4-8(16)32-13(17)20-4)9(25)19-6-10(26)24-7(12(27)28)3(2-30-11(6)24)31-15-22-21-14(18)33-15/h6,11H,2H2,1H3,(H2,17,20)(H2,18,21)(H,19,25)(H,27,28)/b23-5-/t6-,11-/m1/s1. The van der Waals surface area contributed by atoms with Gasteiger partial charge in [0.15, 0.2) is 15.2 Å². The number of rotatable bonds is 7. The number of amides is 2. The first-order valence-electron chi connectivity index (χ1n) is 8.73. The van der Waals surface area contributed by atoms with E-state index < -0.39 is 29.2 Å². The zero-order chi connectivity index (χ0) is 23.9. The molecule has 2 aromatic heterocycles. The van der Waals surface area contributed by atoms with E-state index in [0.29, 0.717) is 9.24 Å². The molecule has 1 saturated heterocycles. The highest BCUT2D eigenvalue weighted by Crippen LogP contribution is 2.45. The van der Waals surface area contributed by atoms with Crippen LogP contribution in [0.15, 0.2) is 20.1 Å². The predicted octanol–water partition coefficient (Wildman–Crippen LogP) is 0.651. The van der Waals surface area contributed by atoms with Crippen LogP contribution in [0.4, 0.5) is 10.3 Å². The number of halogens is 1. The van der Waals surface area contributed by atoms with Gasteiger partial charge in [-0.2, -0.15) is 0 Å². The van der Waals surface area contributed by atoms with E-state index in [9.17, 15) is 19.5 Å². The molecule has 0 aromatic carbocycles. The smallest absolute Gasteiger partial charge is 0.353 e. The summed E-state index contributed by atoms with van der Waals surface area (Å²) in [4.78, 5) is 47.9. The first-order valence-corrected chi connectivity index (χ1v) is 12.6. The van der Waals surface area contributed by atoms with Gasteiger partial charge in [-0.3, -0.25) is 14.5 Å². The van der Waals surface area contributed by atoms with Gasteiger partial charge in [-0.1, -0.05) is 51.2 Å². The van der Waals surface area contributed by atoms with Crippen LogP contribution in [0.3, 0.4) is 0 Å². The number of thiazole rings is 1. The summed E-state index contributed by atoms with van der Waals surface area (Å²) >= 11 is 10.5. The van der Waals surface area contributed by atoms with E-state index in [1.54, 1.807) is 0 Å². The lowest BCUT2D eigenvalue weighted by Gasteiger charge is -2.49. The first kappa shape index (κ1) is 23.6. The first-order chi connectivity index (χ1) is 15.7. The Morgan fingerprint density at radius 1 is 1.33 bits per heavy atom. The monoisotopic (exact) mass is 548 g/mol. The number of anilines is 2. The van der Waals surface area contributed by atoms with Crippen molar-refractivity contribution < 1.29 is 24.3 Å². The van der Waals surface area contributed by atoms with Gasteiger partial charge in [0, 0.05) is 10.7 Å². The third kappa shape index (κ3) is 4.45. The van der Waals surface area contributed by atoms with Crippen LogP contribution in [0, 0.1) is 0 Å². The molecule has 4 rings (SSSR count). The van der Waals surface area contributed by atoms with Gasteiger partial charge in [-0.25, -0.2) is 9.78 Å². The molecule has 2 aliphatic rings. The number of carbonyl (C=O) groups is 3. The van der Waals surface area contributed by atoms with Gasteiger partial charge in [-0.15, -0.1) is 22.0 Å². The molecular formula is C15H13ClN8O5S4. The van der Waals surface area contributed by atoms with Crippen molar-refractivity contribution in [1.82, 2.24) is 25.4 Å². The van der Waals surface area contributed by atoms with E-state index >= 15 is 0 Å². The van der Waals surface area contributed by atoms with E-state index in [4.69, 9.17) is 27.9 Å². The lowest BCUT2D eigenvalue weighted by atomic mass is 10.0. The van der Waals surface area contributed by atoms with Crippen molar-refractivity contribution in [3.63, 3.8) is 0 Å². The minimum absolute atomic E-state index is 0.0135. The second-order valence-electron chi connectivity index (χ2n) is 6.24. The van der Waals surface area contributed by atoms with E-state index in [1.807, 2.05) is 0 Å². The topological polar surface area (TPSA) is 199 Å². The number of thioether (sulfide) groups is 2. The summed E-state index contributed by atoms with van der Waals surface area (Å²) in [6.07, 6.45) is 0. The molecule has 18 heteroatoms. The lowest BCUT2D eigenvalue weighted by Crippen LogP contribution is -2.71. The number of carboxylic acid groups (broad SMARTS) is 1. The maximum absolute atomic E-state index is 12.9. The SMILES string of the molecule is CO/N=C(\C(=O)N[C@@H]1C(=O)N2C(C(=O)O)=C(Sc3nnc(N)s3)CS[C@H]12)c1nc(N)sc1Cl. The number of hydrogen-bond acceptors (Lipinski definition) is 14. The molecule has 0 unspecified atom stereocenters. The van der Waals surface area contributed by atoms with Crippen LogP contribution in [0.5, 0.6) is 0 Å². The van der Waals surface area contributed by atoms with Crippen molar-refractivity contribution in [2.75, 3.05) is 24.3 Å². The molecule has 6 N–H and O–H groups in total. The summed E-state index contributed by atoms with van der Waals surface area (Å²) in [5.74, 6) is -2.36. The number of fused-ring (bicyclic) bond motifs is 1. The summed E-state index contributed by atoms with van der Waals surface area (Å²) in [6.45, 7) is 0. The van der Waals surface area contributed by atoms with Crippen molar-refractivity contribution in [1.29, 1.82) is 0 Å². The minimum atomic E-state index is -1.27. The Hall–Kier alpha value is -2.60. The van der Waals surface area contributed by atoms with Gasteiger partial charge >= 0.3 is 5.97 Å². The number of carbonyl (C=O) groups excluding carboxylic acids is 2. The van der Waals surface area contributed by atoms with E-state index in [0.717, 1.165) is 39.3 Å². The van der Waals surface area contributed by atoms with Crippen LogP contribution in [0.2, 0.25) is 4.34 Å². The second kappa shape index (κ2) is 9.34. The number of nitrogen functional groups attached to an aromatic ring is 2. The lowest BCUT2D eigenvalue weighted by molar-refractivity contribution is -0.150. The number of nitrogens with two attached hydrogens (primary N) is 2. The highest BCUT2D eigenvalue weighted by Gasteiger charge is 2.54. The second-order valence-corrected chi connectivity index (χ2v) is 11.3. The molecule has 0 aliphatic carbocycles. The number of carboxylic acids is 1. The molecule has 1 fully saturated rings. The average Bonchev–Trinajstić information content (AvgIpc) is 3.32. The van der Waals surface area contributed by atoms with Crippen molar-refractivity contribution in [3.05, 3.63) is 20.6 Å². The van der Waals surface area contributed by atoms with Gasteiger partial charge < -0.3 is 26.7 Å². The number of β-lactam (4-membered cyclic amide) rings is 1. The van der Waals surface area contributed by atoms with Gasteiger partial charge in [0.05, 0.1) is 0 Å². The van der Waals surface area contributed by atoms with Crippen molar-refractivity contribution in [2.24, 2.45) is 5.16 Å². The molecule has 174 valence electrons. The van der Waals surface area contributed by atoms with Crippen LogP contribution in [-0.4, -0.2) is 73.0 Å². The summed E-state index contributed by atoms with van der Waals surface area (Å²) in [6, 6.07) is -0.989. The largest absolute Gasteiger partial charge is 0.477 e.